The molecule has 0 radical (unpaired) electrons. The van der Waals surface area contributed by atoms with Crippen molar-refractivity contribution in [2.75, 3.05) is 19.8 Å². The van der Waals surface area contributed by atoms with Gasteiger partial charge in [-0.1, -0.05) is 34.1 Å². The predicted molar refractivity (Wildman–Crippen MR) is 91.2 cm³/mol. The Labute approximate surface area is 137 Å². The second-order valence-corrected chi connectivity index (χ2v) is 6.97. The molecule has 5 atom stereocenters. The molecule has 0 heterocycles. The van der Waals surface area contributed by atoms with E-state index in [1.165, 1.54) is 0 Å². The molecule has 0 spiro atoms. The molecule has 0 saturated carbocycles. The molecule has 0 aromatic carbocycles. The third kappa shape index (κ3) is 10.5. The van der Waals surface area contributed by atoms with Crippen molar-refractivity contribution in [3.05, 3.63) is 0 Å². The van der Waals surface area contributed by atoms with E-state index in [0.29, 0.717) is 31.2 Å². The van der Waals surface area contributed by atoms with Gasteiger partial charge in [0.2, 0.25) is 0 Å². The Bertz CT molecular complexity index is 257. The van der Waals surface area contributed by atoms with Gasteiger partial charge >= 0.3 is 0 Å². The molecule has 0 aromatic heterocycles. The summed E-state index contributed by atoms with van der Waals surface area (Å²) in [6, 6.07) is 0. The fraction of sp³-hybridized carbons (Fsp3) is 1.00. The lowest BCUT2D eigenvalue weighted by molar-refractivity contribution is -0.103. The fourth-order valence-corrected chi connectivity index (χ4v) is 2.19. The van der Waals surface area contributed by atoms with Gasteiger partial charge in [0.15, 0.2) is 0 Å². The zero-order chi connectivity index (χ0) is 17.1. The lowest BCUT2D eigenvalue weighted by atomic mass is 9.94. The first-order valence-electron chi connectivity index (χ1n) is 8.79. The van der Waals surface area contributed by atoms with E-state index in [2.05, 4.69) is 34.6 Å². The van der Waals surface area contributed by atoms with Crippen LogP contribution in [-0.2, 0) is 14.2 Å². The van der Waals surface area contributed by atoms with Gasteiger partial charge in [0.05, 0.1) is 44.2 Å². The minimum absolute atomic E-state index is 0.00666. The van der Waals surface area contributed by atoms with E-state index >= 15 is 0 Å². The van der Waals surface area contributed by atoms with Crippen molar-refractivity contribution in [1.29, 1.82) is 0 Å². The topological polar surface area (TPSA) is 47.9 Å². The van der Waals surface area contributed by atoms with E-state index in [9.17, 15) is 0 Å². The first-order valence-corrected chi connectivity index (χ1v) is 8.79. The molecule has 22 heavy (non-hydrogen) atoms. The molecule has 4 nitrogen and oxygen atoms in total. The average molecular weight is 318 g/mol. The van der Waals surface area contributed by atoms with Gasteiger partial charge in [0, 0.05) is 0 Å². The SMILES string of the molecule is CCC(C)C(CC(C)C)OC(C)COC(C)COC(C)CO. The molecule has 0 aliphatic heterocycles. The molecular weight excluding hydrogens is 280 g/mol. The second-order valence-electron chi connectivity index (χ2n) is 6.97. The van der Waals surface area contributed by atoms with E-state index in [1.807, 2.05) is 13.8 Å². The van der Waals surface area contributed by atoms with Crippen LogP contribution in [0.4, 0.5) is 0 Å². The highest BCUT2D eigenvalue weighted by Crippen LogP contribution is 2.21. The Hall–Kier alpha value is -0.160. The van der Waals surface area contributed by atoms with Gasteiger partial charge in [-0.3, -0.25) is 0 Å². The molecule has 1 N–H and O–H groups in total. The maximum Gasteiger partial charge on any atom is 0.0784 e. The van der Waals surface area contributed by atoms with Crippen molar-refractivity contribution < 1.29 is 19.3 Å². The summed E-state index contributed by atoms with van der Waals surface area (Å²) >= 11 is 0. The van der Waals surface area contributed by atoms with Crippen LogP contribution >= 0.6 is 0 Å². The molecule has 0 bridgehead atoms. The van der Waals surface area contributed by atoms with Gasteiger partial charge < -0.3 is 19.3 Å². The molecule has 0 aliphatic carbocycles. The normalized spacial score (nSPS) is 19.0. The van der Waals surface area contributed by atoms with E-state index in [1.54, 1.807) is 0 Å². The number of hydrogen-bond acceptors (Lipinski definition) is 4. The van der Waals surface area contributed by atoms with Crippen molar-refractivity contribution in [3.63, 3.8) is 0 Å². The highest BCUT2D eigenvalue weighted by molar-refractivity contribution is 4.69. The van der Waals surface area contributed by atoms with Crippen LogP contribution in [0.2, 0.25) is 0 Å². The maximum absolute atomic E-state index is 8.93. The largest absolute Gasteiger partial charge is 0.394 e. The maximum atomic E-state index is 8.93. The molecule has 0 fully saturated rings. The highest BCUT2D eigenvalue weighted by Gasteiger charge is 2.21. The number of rotatable bonds is 13. The Morgan fingerprint density at radius 2 is 1.36 bits per heavy atom. The van der Waals surface area contributed by atoms with Crippen molar-refractivity contribution in [2.45, 2.75) is 85.7 Å². The van der Waals surface area contributed by atoms with Crippen LogP contribution < -0.4 is 0 Å². The van der Waals surface area contributed by atoms with Crippen LogP contribution in [0.25, 0.3) is 0 Å². The summed E-state index contributed by atoms with van der Waals surface area (Å²) in [7, 11) is 0. The van der Waals surface area contributed by atoms with Gasteiger partial charge in [0.1, 0.15) is 0 Å². The lowest BCUT2D eigenvalue weighted by Gasteiger charge is -2.29. The number of aliphatic hydroxyl groups is 1. The Balaban J connectivity index is 4.09. The smallest absolute Gasteiger partial charge is 0.0784 e. The molecule has 0 rings (SSSR count). The van der Waals surface area contributed by atoms with E-state index in [4.69, 9.17) is 19.3 Å². The standard InChI is InChI=1S/C18H38O4/c1-8-14(4)18(9-13(2)3)22-17(7)12-21-16(6)11-20-15(5)10-19/h13-19H,8-12H2,1-7H3. The van der Waals surface area contributed by atoms with Crippen LogP contribution in [0.15, 0.2) is 0 Å². The van der Waals surface area contributed by atoms with Gasteiger partial charge in [-0.2, -0.15) is 0 Å². The Kier molecular flexibility index (Phi) is 12.2. The highest BCUT2D eigenvalue weighted by atomic mass is 16.6. The van der Waals surface area contributed by atoms with E-state index < -0.39 is 0 Å². The van der Waals surface area contributed by atoms with Crippen molar-refractivity contribution in [2.24, 2.45) is 11.8 Å². The van der Waals surface area contributed by atoms with Crippen LogP contribution in [0.3, 0.4) is 0 Å². The summed E-state index contributed by atoms with van der Waals surface area (Å²) in [4.78, 5) is 0. The van der Waals surface area contributed by atoms with Crippen molar-refractivity contribution >= 4 is 0 Å². The summed E-state index contributed by atoms with van der Waals surface area (Å²) in [6.45, 7) is 16.0. The number of ether oxygens (including phenoxy) is 3. The lowest BCUT2D eigenvalue weighted by Crippen LogP contribution is -2.32. The van der Waals surface area contributed by atoms with E-state index in [-0.39, 0.29) is 24.9 Å². The molecular formula is C18H38O4. The molecule has 0 aliphatic rings. The fourth-order valence-electron chi connectivity index (χ4n) is 2.19. The summed E-state index contributed by atoms with van der Waals surface area (Å²) in [5, 5.41) is 8.93. The van der Waals surface area contributed by atoms with Crippen LogP contribution in [-0.4, -0.2) is 49.3 Å². The zero-order valence-corrected chi connectivity index (χ0v) is 15.7. The van der Waals surface area contributed by atoms with Crippen LogP contribution in [0.1, 0.15) is 61.3 Å². The second kappa shape index (κ2) is 12.3. The number of aliphatic hydroxyl groups excluding tert-OH is 1. The Morgan fingerprint density at radius 3 is 1.86 bits per heavy atom. The first kappa shape index (κ1) is 21.8. The Morgan fingerprint density at radius 1 is 0.818 bits per heavy atom. The zero-order valence-electron chi connectivity index (χ0n) is 15.7. The molecule has 5 unspecified atom stereocenters. The van der Waals surface area contributed by atoms with Crippen LogP contribution in [0, 0.1) is 11.8 Å². The first-order chi connectivity index (χ1) is 10.3. The quantitative estimate of drug-likeness (QED) is 0.563. The third-order valence-electron chi connectivity index (χ3n) is 3.88. The third-order valence-corrected chi connectivity index (χ3v) is 3.88. The van der Waals surface area contributed by atoms with Gasteiger partial charge in [-0.05, 0) is 39.0 Å². The molecule has 4 heteroatoms. The summed E-state index contributed by atoms with van der Waals surface area (Å²) in [6.07, 6.45) is 2.47. The van der Waals surface area contributed by atoms with Gasteiger partial charge in [0.25, 0.3) is 0 Å². The monoisotopic (exact) mass is 318 g/mol. The minimum atomic E-state index is -0.138. The minimum Gasteiger partial charge on any atom is -0.394 e. The molecule has 0 saturated heterocycles. The van der Waals surface area contributed by atoms with Crippen LogP contribution in [0.5, 0.6) is 0 Å². The summed E-state index contributed by atoms with van der Waals surface area (Å²) < 4.78 is 17.5. The summed E-state index contributed by atoms with van der Waals surface area (Å²) in [5.41, 5.74) is 0. The van der Waals surface area contributed by atoms with Crippen molar-refractivity contribution in [3.8, 4) is 0 Å². The predicted octanol–water partition coefficient (Wildman–Crippen LogP) is 3.65. The van der Waals surface area contributed by atoms with Gasteiger partial charge in [-0.25, -0.2) is 0 Å². The summed E-state index contributed by atoms with van der Waals surface area (Å²) in [5.74, 6) is 1.20. The average Bonchev–Trinajstić information content (AvgIpc) is 2.48. The number of hydrogen-bond donors (Lipinski definition) is 1. The molecule has 0 amide bonds. The van der Waals surface area contributed by atoms with E-state index in [0.717, 1.165) is 12.8 Å². The van der Waals surface area contributed by atoms with Crippen molar-refractivity contribution in [1.82, 2.24) is 0 Å². The van der Waals surface area contributed by atoms with Gasteiger partial charge in [-0.15, -0.1) is 0 Å². The molecule has 0 aromatic rings. The molecule has 134 valence electrons.